The molecule has 0 saturated carbocycles. The zero-order valence-corrected chi connectivity index (χ0v) is 12.0. The van der Waals surface area contributed by atoms with E-state index in [2.05, 4.69) is 81.9 Å². The van der Waals surface area contributed by atoms with Crippen molar-refractivity contribution >= 4 is 32.4 Å². The van der Waals surface area contributed by atoms with E-state index in [9.17, 15) is 0 Å². The van der Waals surface area contributed by atoms with E-state index in [0.29, 0.717) is 0 Å². The molecule has 3 rings (SSSR count). The lowest BCUT2D eigenvalue weighted by atomic mass is 10.1. The lowest BCUT2D eigenvalue weighted by Gasteiger charge is -2.11. The van der Waals surface area contributed by atoms with Crippen molar-refractivity contribution in [1.82, 2.24) is 0 Å². The number of nitrogens with one attached hydrogen (secondary N) is 1. The molecule has 1 nitrogen and oxygen atoms in total. The molecule has 0 spiro atoms. The van der Waals surface area contributed by atoms with Crippen molar-refractivity contribution in [2.24, 2.45) is 0 Å². The lowest BCUT2D eigenvalue weighted by Crippen LogP contribution is -2.00. The Balaban J connectivity index is 1.88. The summed E-state index contributed by atoms with van der Waals surface area (Å²) in [5, 5.41) is 6.04. The first kappa shape index (κ1) is 12.2. The monoisotopic (exact) mass is 311 g/mol. The molecule has 19 heavy (non-hydrogen) atoms. The highest BCUT2D eigenvalue weighted by Gasteiger charge is 2.01. The van der Waals surface area contributed by atoms with E-state index in [1.165, 1.54) is 22.0 Å². The molecule has 0 aliphatic carbocycles. The van der Waals surface area contributed by atoms with Gasteiger partial charge in [0.15, 0.2) is 0 Å². The number of rotatable bonds is 3. The van der Waals surface area contributed by atoms with Crippen LogP contribution < -0.4 is 5.32 Å². The van der Waals surface area contributed by atoms with Gasteiger partial charge in [-0.15, -0.1) is 0 Å². The standard InChI is InChI=1S/C17H14BrN/c18-16-10-4-2-7-14(16)12-19-17-11-5-8-13-6-1-3-9-15(13)17/h1-11,19H,12H2. The minimum absolute atomic E-state index is 0.815. The highest BCUT2D eigenvalue weighted by atomic mass is 79.9. The second-order valence-electron chi connectivity index (χ2n) is 4.47. The van der Waals surface area contributed by atoms with Crippen LogP contribution in [0.3, 0.4) is 0 Å². The van der Waals surface area contributed by atoms with Crippen LogP contribution in [0.4, 0.5) is 5.69 Å². The Morgan fingerprint density at radius 1 is 0.789 bits per heavy atom. The average Bonchev–Trinajstić information content (AvgIpc) is 2.46. The summed E-state index contributed by atoms with van der Waals surface area (Å²) in [6.45, 7) is 0.815. The summed E-state index contributed by atoms with van der Waals surface area (Å²) in [5.41, 5.74) is 2.43. The third-order valence-electron chi connectivity index (χ3n) is 3.22. The van der Waals surface area contributed by atoms with Gasteiger partial charge in [0.1, 0.15) is 0 Å². The summed E-state index contributed by atoms with van der Waals surface area (Å²) in [6.07, 6.45) is 0. The van der Waals surface area contributed by atoms with E-state index in [-0.39, 0.29) is 0 Å². The molecule has 0 unspecified atom stereocenters. The van der Waals surface area contributed by atoms with E-state index in [1.54, 1.807) is 0 Å². The molecule has 0 fully saturated rings. The molecule has 3 aromatic rings. The van der Waals surface area contributed by atoms with Gasteiger partial charge in [0.05, 0.1) is 0 Å². The van der Waals surface area contributed by atoms with Gasteiger partial charge in [-0.05, 0) is 23.1 Å². The predicted octanol–water partition coefficient (Wildman–Crippen LogP) is 5.21. The number of benzene rings is 3. The maximum Gasteiger partial charge on any atom is 0.0422 e. The number of hydrogen-bond donors (Lipinski definition) is 1. The maximum atomic E-state index is 3.58. The molecule has 0 atom stereocenters. The fraction of sp³-hybridized carbons (Fsp3) is 0.0588. The largest absolute Gasteiger partial charge is 0.380 e. The molecule has 94 valence electrons. The molecular weight excluding hydrogens is 298 g/mol. The van der Waals surface area contributed by atoms with Gasteiger partial charge in [0.25, 0.3) is 0 Å². The molecule has 0 radical (unpaired) electrons. The molecule has 0 bridgehead atoms. The first-order valence-electron chi connectivity index (χ1n) is 6.29. The van der Waals surface area contributed by atoms with Crippen LogP contribution in [0.15, 0.2) is 71.2 Å². The summed E-state index contributed by atoms with van der Waals surface area (Å²) >= 11 is 3.58. The summed E-state index contributed by atoms with van der Waals surface area (Å²) in [7, 11) is 0. The Labute approximate surface area is 121 Å². The minimum atomic E-state index is 0.815. The summed E-state index contributed by atoms with van der Waals surface area (Å²) in [6, 6.07) is 23.1. The fourth-order valence-electron chi connectivity index (χ4n) is 2.21. The van der Waals surface area contributed by atoms with Gasteiger partial charge in [-0.2, -0.15) is 0 Å². The molecule has 0 aliphatic rings. The van der Waals surface area contributed by atoms with E-state index in [0.717, 1.165) is 11.0 Å². The van der Waals surface area contributed by atoms with Crippen molar-refractivity contribution < 1.29 is 0 Å². The molecular formula is C17H14BrN. The van der Waals surface area contributed by atoms with Crippen LogP contribution in [0.2, 0.25) is 0 Å². The van der Waals surface area contributed by atoms with E-state index in [4.69, 9.17) is 0 Å². The normalized spacial score (nSPS) is 10.6. The van der Waals surface area contributed by atoms with E-state index < -0.39 is 0 Å². The second-order valence-corrected chi connectivity index (χ2v) is 5.33. The second kappa shape index (κ2) is 5.45. The minimum Gasteiger partial charge on any atom is -0.380 e. The van der Waals surface area contributed by atoms with Crippen molar-refractivity contribution in [3.63, 3.8) is 0 Å². The SMILES string of the molecule is Brc1ccccc1CNc1cccc2ccccc12. The third-order valence-corrected chi connectivity index (χ3v) is 3.99. The number of hydrogen-bond acceptors (Lipinski definition) is 1. The lowest BCUT2D eigenvalue weighted by molar-refractivity contribution is 1.14. The number of fused-ring (bicyclic) bond motifs is 1. The van der Waals surface area contributed by atoms with Crippen molar-refractivity contribution in [3.8, 4) is 0 Å². The van der Waals surface area contributed by atoms with Crippen molar-refractivity contribution in [2.45, 2.75) is 6.54 Å². The molecule has 2 heteroatoms. The Hall–Kier alpha value is -1.80. The Morgan fingerprint density at radius 3 is 2.42 bits per heavy atom. The molecule has 0 amide bonds. The smallest absolute Gasteiger partial charge is 0.0422 e. The summed E-state index contributed by atoms with van der Waals surface area (Å²) in [5.74, 6) is 0. The van der Waals surface area contributed by atoms with Crippen molar-refractivity contribution in [3.05, 3.63) is 76.8 Å². The Bertz CT molecular complexity index is 701. The van der Waals surface area contributed by atoms with Gasteiger partial charge in [-0.1, -0.05) is 70.5 Å². The van der Waals surface area contributed by atoms with Gasteiger partial charge in [-0.25, -0.2) is 0 Å². The molecule has 0 heterocycles. The average molecular weight is 312 g/mol. The summed E-state index contributed by atoms with van der Waals surface area (Å²) < 4.78 is 1.14. The topological polar surface area (TPSA) is 12.0 Å². The van der Waals surface area contributed by atoms with Crippen molar-refractivity contribution in [2.75, 3.05) is 5.32 Å². The Morgan fingerprint density at radius 2 is 1.53 bits per heavy atom. The quantitative estimate of drug-likeness (QED) is 0.699. The van der Waals surface area contributed by atoms with E-state index >= 15 is 0 Å². The van der Waals surface area contributed by atoms with Crippen LogP contribution in [0.5, 0.6) is 0 Å². The molecule has 1 N–H and O–H groups in total. The number of halogens is 1. The van der Waals surface area contributed by atoms with Crippen LogP contribution in [-0.4, -0.2) is 0 Å². The van der Waals surface area contributed by atoms with Crippen LogP contribution in [0.25, 0.3) is 10.8 Å². The zero-order chi connectivity index (χ0) is 13.1. The van der Waals surface area contributed by atoms with Gasteiger partial charge in [0, 0.05) is 22.1 Å². The highest BCUT2D eigenvalue weighted by Crippen LogP contribution is 2.24. The van der Waals surface area contributed by atoms with Crippen LogP contribution in [0, 0.1) is 0 Å². The van der Waals surface area contributed by atoms with Gasteiger partial charge in [0.2, 0.25) is 0 Å². The van der Waals surface area contributed by atoms with Gasteiger partial charge in [-0.3, -0.25) is 0 Å². The molecule has 0 aromatic heterocycles. The highest BCUT2D eigenvalue weighted by molar-refractivity contribution is 9.10. The zero-order valence-electron chi connectivity index (χ0n) is 10.4. The molecule has 0 saturated heterocycles. The molecule has 0 aliphatic heterocycles. The first-order chi connectivity index (χ1) is 9.34. The van der Waals surface area contributed by atoms with Crippen LogP contribution in [0.1, 0.15) is 5.56 Å². The fourth-order valence-corrected chi connectivity index (χ4v) is 2.64. The number of anilines is 1. The molecule has 3 aromatic carbocycles. The van der Waals surface area contributed by atoms with Crippen LogP contribution >= 0.6 is 15.9 Å². The maximum absolute atomic E-state index is 3.58. The third kappa shape index (κ3) is 2.64. The van der Waals surface area contributed by atoms with Crippen LogP contribution in [-0.2, 0) is 6.54 Å². The van der Waals surface area contributed by atoms with E-state index in [1.807, 2.05) is 6.07 Å². The Kier molecular flexibility index (Phi) is 3.51. The predicted molar refractivity (Wildman–Crippen MR) is 85.4 cm³/mol. The van der Waals surface area contributed by atoms with Gasteiger partial charge >= 0.3 is 0 Å². The summed E-state index contributed by atoms with van der Waals surface area (Å²) in [4.78, 5) is 0. The van der Waals surface area contributed by atoms with Crippen molar-refractivity contribution in [1.29, 1.82) is 0 Å². The van der Waals surface area contributed by atoms with Gasteiger partial charge < -0.3 is 5.32 Å². The first-order valence-corrected chi connectivity index (χ1v) is 7.09.